The monoisotopic (exact) mass is 752 g/mol. The lowest BCUT2D eigenvalue weighted by Gasteiger charge is -2.40. The van der Waals surface area contributed by atoms with Crippen LogP contribution in [0.2, 0.25) is 0 Å². The van der Waals surface area contributed by atoms with Crippen LogP contribution in [-0.4, -0.2) is 4.57 Å². The normalized spacial score (nSPS) is 17.4. The molecule has 3 aromatic heterocycles. The zero-order valence-electron chi connectivity index (χ0n) is 30.8. The molecule has 0 spiro atoms. The SMILES string of the molecule is c1ccc(C2NC(c3ccccc3)NC(c3cccc4sc5cc(-c6ccc7c(c6)oc6cccc(-n8c9ccccc9c9ccccc98)c67)ccc5c34)N2)cc1. The zero-order valence-corrected chi connectivity index (χ0v) is 31.6. The predicted octanol–water partition coefficient (Wildman–Crippen LogP) is 12.9. The molecule has 1 aliphatic heterocycles. The number of thiophene rings is 1. The van der Waals surface area contributed by atoms with Gasteiger partial charge in [0.05, 0.1) is 40.6 Å². The van der Waals surface area contributed by atoms with Gasteiger partial charge in [-0.25, -0.2) is 0 Å². The summed E-state index contributed by atoms with van der Waals surface area (Å²) in [6, 6.07) is 65.4. The minimum Gasteiger partial charge on any atom is -0.456 e. The molecule has 6 heteroatoms. The minimum atomic E-state index is -0.0780. The van der Waals surface area contributed by atoms with Crippen molar-refractivity contribution in [1.82, 2.24) is 20.5 Å². The molecular weight excluding hydrogens is 717 g/mol. The quantitative estimate of drug-likeness (QED) is 0.164. The molecular formula is C51H36N4OS. The number of benzene rings is 8. The molecule has 0 aliphatic carbocycles. The fraction of sp³-hybridized carbons (Fsp3) is 0.0588. The summed E-state index contributed by atoms with van der Waals surface area (Å²) in [5.41, 5.74) is 11.3. The summed E-state index contributed by atoms with van der Waals surface area (Å²) >= 11 is 1.86. The number of hydrogen-bond acceptors (Lipinski definition) is 5. The van der Waals surface area contributed by atoms with Crippen LogP contribution in [0.1, 0.15) is 35.2 Å². The van der Waals surface area contributed by atoms with Crippen molar-refractivity contribution in [1.29, 1.82) is 0 Å². The summed E-state index contributed by atoms with van der Waals surface area (Å²) in [6.45, 7) is 0. The maximum absolute atomic E-state index is 6.65. The first-order valence-electron chi connectivity index (χ1n) is 19.5. The number of furan rings is 1. The third kappa shape index (κ3) is 5.27. The Morgan fingerprint density at radius 2 is 1.02 bits per heavy atom. The first-order chi connectivity index (χ1) is 28.2. The standard InChI is InChI=1S/C51H36N4OS/c1-3-13-31(14-4-1)49-52-50(32-15-5-2-6-16-32)54-51(53-49)39-19-11-24-45-47(39)38-28-26-34(30-46(38)57-45)33-25-27-37-44(29-33)56-43-23-12-22-42(48(37)43)55-40-20-9-7-17-35(40)36-18-8-10-21-41(36)55/h1-30,49-54H. The van der Waals surface area contributed by atoms with Crippen LogP contribution >= 0.6 is 11.3 Å². The van der Waals surface area contributed by atoms with Crippen LogP contribution in [0, 0.1) is 0 Å². The molecule has 57 heavy (non-hydrogen) atoms. The largest absolute Gasteiger partial charge is 0.456 e. The first-order valence-corrected chi connectivity index (χ1v) is 20.3. The summed E-state index contributed by atoms with van der Waals surface area (Å²) in [6.07, 6.45) is -0.132. The third-order valence-electron chi connectivity index (χ3n) is 11.7. The Morgan fingerprint density at radius 1 is 0.421 bits per heavy atom. The number of aromatic nitrogens is 1. The second-order valence-corrected chi connectivity index (χ2v) is 16.1. The van der Waals surface area contributed by atoms with Crippen molar-refractivity contribution in [2.45, 2.75) is 18.5 Å². The van der Waals surface area contributed by atoms with Gasteiger partial charge in [-0.3, -0.25) is 16.0 Å². The zero-order chi connectivity index (χ0) is 37.5. The molecule has 11 aromatic rings. The van der Waals surface area contributed by atoms with E-state index in [0.717, 1.165) is 33.2 Å². The number of hydrogen-bond donors (Lipinski definition) is 3. The molecule has 0 bridgehead atoms. The van der Waals surface area contributed by atoms with Gasteiger partial charge < -0.3 is 8.98 Å². The van der Waals surface area contributed by atoms with E-state index in [2.05, 4.69) is 203 Å². The summed E-state index contributed by atoms with van der Waals surface area (Å²) in [5, 5.41) is 18.9. The van der Waals surface area contributed by atoms with E-state index in [9.17, 15) is 0 Å². The summed E-state index contributed by atoms with van der Waals surface area (Å²) < 4.78 is 11.6. The molecule has 2 atom stereocenters. The summed E-state index contributed by atoms with van der Waals surface area (Å²) in [7, 11) is 0. The fourth-order valence-corrected chi connectivity index (χ4v) is 10.3. The van der Waals surface area contributed by atoms with Gasteiger partial charge >= 0.3 is 0 Å². The molecule has 272 valence electrons. The Balaban J connectivity index is 0.943. The van der Waals surface area contributed by atoms with E-state index in [1.54, 1.807) is 0 Å². The molecule has 1 aliphatic rings. The van der Waals surface area contributed by atoms with Crippen LogP contribution in [0.5, 0.6) is 0 Å². The number of nitrogens with zero attached hydrogens (tertiary/aromatic N) is 1. The highest BCUT2D eigenvalue weighted by Gasteiger charge is 2.31. The molecule has 3 N–H and O–H groups in total. The van der Waals surface area contributed by atoms with Crippen molar-refractivity contribution in [2.24, 2.45) is 0 Å². The van der Waals surface area contributed by atoms with E-state index >= 15 is 0 Å². The Morgan fingerprint density at radius 3 is 1.72 bits per heavy atom. The Bertz CT molecular complexity index is 3210. The van der Waals surface area contributed by atoms with Crippen molar-refractivity contribution in [3.05, 3.63) is 199 Å². The Labute approximate surface area is 332 Å². The van der Waals surface area contributed by atoms with Gasteiger partial charge in [0, 0.05) is 36.3 Å². The Hall–Kier alpha value is -6.54. The van der Waals surface area contributed by atoms with Gasteiger partial charge in [0.1, 0.15) is 11.2 Å². The highest BCUT2D eigenvalue weighted by molar-refractivity contribution is 7.25. The molecule has 5 nitrogen and oxygen atoms in total. The molecule has 1 saturated heterocycles. The van der Waals surface area contributed by atoms with Gasteiger partial charge in [0.2, 0.25) is 0 Å². The number of fused-ring (bicyclic) bond motifs is 9. The molecule has 2 unspecified atom stereocenters. The smallest absolute Gasteiger partial charge is 0.137 e. The molecule has 1 fully saturated rings. The van der Waals surface area contributed by atoms with Crippen molar-refractivity contribution in [3.63, 3.8) is 0 Å². The lowest BCUT2D eigenvalue weighted by Crippen LogP contribution is -2.54. The number of para-hydroxylation sites is 2. The highest BCUT2D eigenvalue weighted by atomic mass is 32.1. The van der Waals surface area contributed by atoms with Crippen molar-refractivity contribution >= 4 is 75.3 Å². The maximum Gasteiger partial charge on any atom is 0.137 e. The minimum absolute atomic E-state index is 0.0272. The van der Waals surface area contributed by atoms with Crippen LogP contribution in [0.25, 0.3) is 80.7 Å². The van der Waals surface area contributed by atoms with Crippen molar-refractivity contribution in [2.75, 3.05) is 0 Å². The second kappa shape index (κ2) is 13.0. The third-order valence-corrected chi connectivity index (χ3v) is 12.9. The lowest BCUT2D eigenvalue weighted by molar-refractivity contribution is 0.204. The first kappa shape index (κ1) is 32.7. The number of rotatable bonds is 5. The van der Waals surface area contributed by atoms with Gasteiger partial charge in [-0.15, -0.1) is 11.3 Å². The van der Waals surface area contributed by atoms with Gasteiger partial charge in [-0.05, 0) is 76.3 Å². The van der Waals surface area contributed by atoms with Gasteiger partial charge in [-0.2, -0.15) is 0 Å². The summed E-state index contributed by atoms with van der Waals surface area (Å²) in [4.78, 5) is 0. The van der Waals surface area contributed by atoms with E-state index in [-0.39, 0.29) is 18.5 Å². The van der Waals surface area contributed by atoms with Crippen molar-refractivity contribution < 1.29 is 4.42 Å². The van der Waals surface area contributed by atoms with Crippen LogP contribution in [0.4, 0.5) is 0 Å². The van der Waals surface area contributed by atoms with Crippen molar-refractivity contribution in [3.8, 4) is 16.8 Å². The topological polar surface area (TPSA) is 54.2 Å². The average Bonchev–Trinajstić information content (AvgIpc) is 3.96. The van der Waals surface area contributed by atoms with Crippen LogP contribution in [0.3, 0.4) is 0 Å². The summed E-state index contributed by atoms with van der Waals surface area (Å²) in [5.74, 6) is 0. The predicted molar refractivity (Wildman–Crippen MR) is 237 cm³/mol. The van der Waals surface area contributed by atoms with E-state index in [4.69, 9.17) is 4.42 Å². The lowest BCUT2D eigenvalue weighted by atomic mass is 9.98. The Kier molecular flexibility index (Phi) is 7.46. The average molecular weight is 753 g/mol. The van der Waals surface area contributed by atoms with E-state index < -0.39 is 0 Å². The van der Waals surface area contributed by atoms with Gasteiger partial charge in [0.25, 0.3) is 0 Å². The molecule has 0 saturated carbocycles. The molecule has 0 amide bonds. The fourth-order valence-electron chi connectivity index (χ4n) is 9.13. The van der Waals surface area contributed by atoms with E-state index in [1.807, 2.05) is 11.3 Å². The maximum atomic E-state index is 6.65. The molecule has 0 radical (unpaired) electrons. The second-order valence-electron chi connectivity index (χ2n) is 15.0. The van der Waals surface area contributed by atoms with E-state index in [0.29, 0.717) is 0 Å². The highest BCUT2D eigenvalue weighted by Crippen LogP contribution is 2.43. The number of nitrogens with one attached hydrogen (secondary N) is 3. The van der Waals surface area contributed by atoms with Crippen LogP contribution < -0.4 is 16.0 Å². The van der Waals surface area contributed by atoms with Gasteiger partial charge in [-0.1, -0.05) is 133 Å². The molecule has 12 rings (SSSR count). The molecule has 8 aromatic carbocycles. The van der Waals surface area contributed by atoms with Crippen LogP contribution in [-0.2, 0) is 0 Å². The van der Waals surface area contributed by atoms with Crippen LogP contribution in [0.15, 0.2) is 186 Å². The molecule has 4 heterocycles. The van der Waals surface area contributed by atoms with Gasteiger partial charge in [0.15, 0.2) is 0 Å². The van der Waals surface area contributed by atoms with E-state index in [1.165, 1.54) is 64.2 Å².